The van der Waals surface area contributed by atoms with E-state index < -0.39 is 14.9 Å². The number of nitro benzene ring substituents is 1. The lowest BCUT2D eigenvalue weighted by atomic mass is 10.1. The highest BCUT2D eigenvalue weighted by Gasteiger charge is 2.32. The van der Waals surface area contributed by atoms with Crippen molar-refractivity contribution in [3.05, 3.63) is 57.4 Å². The van der Waals surface area contributed by atoms with E-state index in [9.17, 15) is 18.5 Å². The summed E-state index contributed by atoms with van der Waals surface area (Å²) in [5, 5.41) is 11.0. The van der Waals surface area contributed by atoms with Crippen LogP contribution in [0.4, 0.5) is 5.69 Å². The predicted molar refractivity (Wildman–Crippen MR) is 98.8 cm³/mol. The minimum absolute atomic E-state index is 0.0264. The summed E-state index contributed by atoms with van der Waals surface area (Å²) in [6.45, 7) is 6.60. The van der Waals surface area contributed by atoms with Gasteiger partial charge in [-0.25, -0.2) is 8.42 Å². The highest BCUT2D eigenvalue weighted by atomic mass is 32.2. The molecular weight excluding hydrogens is 354 g/mol. The molecule has 0 saturated carbocycles. The van der Waals surface area contributed by atoms with Gasteiger partial charge in [0.1, 0.15) is 0 Å². The maximum absolute atomic E-state index is 13.0. The Labute approximate surface area is 153 Å². The van der Waals surface area contributed by atoms with Gasteiger partial charge in [-0.05, 0) is 51.3 Å². The molecule has 26 heavy (non-hydrogen) atoms. The summed E-state index contributed by atoms with van der Waals surface area (Å²) in [5.74, 6) is 0. The van der Waals surface area contributed by atoms with Gasteiger partial charge in [-0.1, -0.05) is 6.07 Å². The lowest BCUT2D eigenvalue weighted by Gasteiger charge is -2.33. The molecule has 0 spiro atoms. The molecule has 140 valence electrons. The number of piperidine rings is 1. The van der Waals surface area contributed by atoms with Crippen LogP contribution in [0.25, 0.3) is 0 Å². The molecular formula is C18H23N3O4S. The van der Waals surface area contributed by atoms with Gasteiger partial charge < -0.3 is 4.57 Å². The van der Waals surface area contributed by atoms with Crippen molar-refractivity contribution < 1.29 is 13.3 Å². The highest BCUT2D eigenvalue weighted by molar-refractivity contribution is 7.89. The number of non-ortho nitro benzene ring substituents is 1. The second-order valence-electron chi connectivity index (χ2n) is 6.83. The molecule has 2 heterocycles. The maximum atomic E-state index is 13.0. The van der Waals surface area contributed by atoms with E-state index in [0.29, 0.717) is 18.7 Å². The fourth-order valence-electron chi connectivity index (χ4n) is 3.72. The monoisotopic (exact) mass is 377 g/mol. The van der Waals surface area contributed by atoms with Gasteiger partial charge in [0.15, 0.2) is 0 Å². The molecule has 8 heteroatoms. The summed E-state index contributed by atoms with van der Waals surface area (Å²) in [6.07, 6.45) is 1.45. The number of nitro groups is 1. The van der Waals surface area contributed by atoms with Crippen molar-refractivity contribution in [3.63, 3.8) is 0 Å². The Morgan fingerprint density at radius 3 is 2.15 bits per heavy atom. The van der Waals surface area contributed by atoms with E-state index in [4.69, 9.17) is 0 Å². The van der Waals surface area contributed by atoms with Crippen molar-refractivity contribution >= 4 is 15.7 Å². The van der Waals surface area contributed by atoms with Crippen molar-refractivity contribution in [2.24, 2.45) is 0 Å². The van der Waals surface area contributed by atoms with Crippen LogP contribution in [-0.4, -0.2) is 35.3 Å². The van der Waals surface area contributed by atoms with E-state index in [-0.39, 0.29) is 16.6 Å². The Kier molecular flexibility index (Phi) is 4.90. The molecule has 1 saturated heterocycles. The topological polar surface area (TPSA) is 85.4 Å². The molecule has 7 nitrogen and oxygen atoms in total. The van der Waals surface area contributed by atoms with E-state index in [2.05, 4.69) is 30.5 Å². The number of sulfonamides is 1. The van der Waals surface area contributed by atoms with Crippen LogP contribution in [0.2, 0.25) is 0 Å². The van der Waals surface area contributed by atoms with E-state index in [1.807, 2.05) is 0 Å². The Hall–Kier alpha value is -2.19. The van der Waals surface area contributed by atoms with Crippen LogP contribution in [0, 0.1) is 30.9 Å². The zero-order chi connectivity index (χ0) is 19.1. The van der Waals surface area contributed by atoms with Gasteiger partial charge in [0, 0.05) is 42.7 Å². The maximum Gasteiger partial charge on any atom is 0.270 e. The normalized spacial score (nSPS) is 16.7. The first-order chi connectivity index (χ1) is 12.2. The number of aromatic nitrogens is 1. The molecule has 0 bridgehead atoms. The fraction of sp³-hybridized carbons (Fsp3) is 0.444. The molecule has 0 atom stereocenters. The van der Waals surface area contributed by atoms with Crippen molar-refractivity contribution in [2.75, 3.05) is 13.1 Å². The average Bonchev–Trinajstić information content (AvgIpc) is 2.93. The van der Waals surface area contributed by atoms with Crippen molar-refractivity contribution in [1.29, 1.82) is 0 Å². The third-order valence-electron chi connectivity index (χ3n) is 5.11. The Morgan fingerprint density at radius 1 is 1.04 bits per heavy atom. The van der Waals surface area contributed by atoms with Crippen molar-refractivity contribution in [3.8, 4) is 0 Å². The molecule has 1 aromatic carbocycles. The van der Waals surface area contributed by atoms with E-state index in [1.54, 1.807) is 6.92 Å². The Balaban J connectivity index is 1.83. The summed E-state index contributed by atoms with van der Waals surface area (Å²) in [6, 6.07) is 8.41. The van der Waals surface area contributed by atoms with Crippen LogP contribution >= 0.6 is 0 Å². The largest absolute Gasteiger partial charge is 0.346 e. The van der Waals surface area contributed by atoms with Crippen molar-refractivity contribution in [2.45, 2.75) is 44.6 Å². The fourth-order valence-corrected chi connectivity index (χ4v) is 5.43. The molecule has 0 radical (unpaired) electrons. The van der Waals surface area contributed by atoms with Gasteiger partial charge in [0.2, 0.25) is 10.0 Å². The van der Waals surface area contributed by atoms with Crippen LogP contribution < -0.4 is 0 Å². The van der Waals surface area contributed by atoms with E-state index in [0.717, 1.165) is 18.9 Å². The molecule has 0 N–H and O–H groups in total. The smallest absolute Gasteiger partial charge is 0.270 e. The third kappa shape index (κ3) is 3.26. The SMILES string of the molecule is Cc1ccc([N+](=O)[O-])cc1S(=O)(=O)N1CCC(n2c(C)ccc2C)CC1. The number of benzene rings is 1. The number of rotatable bonds is 4. The standard InChI is InChI=1S/C18H23N3O4S/c1-13-4-7-17(21(22)23)12-18(13)26(24,25)19-10-8-16(9-11-19)20-14(2)5-6-15(20)3/h4-7,12,16H,8-11H2,1-3H3. The predicted octanol–water partition coefficient (Wildman–Crippen LogP) is 3.35. The molecule has 0 aliphatic carbocycles. The number of hydrogen-bond acceptors (Lipinski definition) is 4. The lowest BCUT2D eigenvalue weighted by molar-refractivity contribution is -0.385. The van der Waals surface area contributed by atoms with Crippen LogP contribution in [0.5, 0.6) is 0 Å². The molecule has 2 aromatic rings. The molecule has 0 amide bonds. The minimum atomic E-state index is -3.74. The second-order valence-corrected chi connectivity index (χ2v) is 8.73. The van der Waals surface area contributed by atoms with Gasteiger partial charge in [0.25, 0.3) is 5.69 Å². The average molecular weight is 377 g/mol. The van der Waals surface area contributed by atoms with E-state index >= 15 is 0 Å². The van der Waals surface area contributed by atoms with Crippen LogP contribution in [0.15, 0.2) is 35.2 Å². The molecule has 1 aliphatic rings. The molecule has 1 aliphatic heterocycles. The summed E-state index contributed by atoms with van der Waals surface area (Å²) in [5.41, 5.74) is 2.68. The third-order valence-corrected chi connectivity index (χ3v) is 7.16. The van der Waals surface area contributed by atoms with Gasteiger partial charge in [-0.15, -0.1) is 0 Å². The quantitative estimate of drug-likeness (QED) is 0.604. The molecule has 1 fully saturated rings. The van der Waals surface area contributed by atoms with Crippen molar-refractivity contribution in [1.82, 2.24) is 8.87 Å². The first-order valence-corrected chi connectivity index (χ1v) is 10.1. The first-order valence-electron chi connectivity index (χ1n) is 8.61. The molecule has 3 rings (SSSR count). The number of nitrogens with zero attached hydrogens (tertiary/aromatic N) is 3. The minimum Gasteiger partial charge on any atom is -0.346 e. The summed E-state index contributed by atoms with van der Waals surface area (Å²) >= 11 is 0. The van der Waals surface area contributed by atoms with Crippen LogP contribution in [0.1, 0.15) is 35.8 Å². The summed E-state index contributed by atoms with van der Waals surface area (Å²) in [4.78, 5) is 10.5. The molecule has 1 aromatic heterocycles. The van der Waals surface area contributed by atoms with E-state index in [1.165, 1.54) is 27.8 Å². The summed E-state index contributed by atoms with van der Waals surface area (Å²) < 4.78 is 29.7. The summed E-state index contributed by atoms with van der Waals surface area (Å²) in [7, 11) is -3.74. The number of hydrogen-bond donors (Lipinski definition) is 0. The lowest BCUT2D eigenvalue weighted by Crippen LogP contribution is -2.39. The van der Waals surface area contributed by atoms with Gasteiger partial charge in [-0.3, -0.25) is 10.1 Å². The Bertz CT molecular complexity index is 922. The molecule has 0 unspecified atom stereocenters. The highest BCUT2D eigenvalue weighted by Crippen LogP contribution is 2.31. The van der Waals surface area contributed by atoms with Gasteiger partial charge >= 0.3 is 0 Å². The Morgan fingerprint density at radius 2 is 1.62 bits per heavy atom. The zero-order valence-corrected chi connectivity index (χ0v) is 16.0. The van der Waals surface area contributed by atoms with Crippen LogP contribution in [-0.2, 0) is 10.0 Å². The van der Waals surface area contributed by atoms with Gasteiger partial charge in [-0.2, -0.15) is 4.31 Å². The van der Waals surface area contributed by atoms with Crippen LogP contribution in [0.3, 0.4) is 0 Å². The zero-order valence-electron chi connectivity index (χ0n) is 15.2. The number of aryl methyl sites for hydroxylation is 3. The van der Waals surface area contributed by atoms with Gasteiger partial charge in [0.05, 0.1) is 9.82 Å². The first kappa shape index (κ1) is 18.6. The second kappa shape index (κ2) is 6.85.